The first-order valence-electron chi connectivity index (χ1n) is 7.45. The maximum absolute atomic E-state index is 12.5. The third-order valence-electron chi connectivity index (χ3n) is 3.89. The highest BCUT2D eigenvalue weighted by Crippen LogP contribution is 2.27. The number of carbonyl (C=O) groups is 1. The average Bonchev–Trinajstić information content (AvgIpc) is 2.75. The van der Waals surface area contributed by atoms with E-state index in [0.29, 0.717) is 11.4 Å². The molecule has 136 valence electrons. The maximum atomic E-state index is 12.5. The zero-order valence-corrected chi connectivity index (χ0v) is 14.0. The summed E-state index contributed by atoms with van der Waals surface area (Å²) in [6.45, 7) is 2.87. The van der Waals surface area contributed by atoms with Crippen LogP contribution in [-0.4, -0.2) is 28.0 Å². The van der Waals surface area contributed by atoms with E-state index in [4.69, 9.17) is 5.73 Å². The average molecular weight is 356 g/mol. The summed E-state index contributed by atoms with van der Waals surface area (Å²) in [4.78, 5) is 23.6. The Balaban J connectivity index is 2.42. The summed E-state index contributed by atoms with van der Waals surface area (Å²) in [5, 5.41) is 1.84. The Hall–Kier alpha value is -2.71. The van der Waals surface area contributed by atoms with Gasteiger partial charge in [-0.25, -0.2) is 4.68 Å². The number of rotatable bonds is 4. The first-order valence-corrected chi connectivity index (χ1v) is 7.45. The smallest absolute Gasteiger partial charge is 0.393 e. The van der Waals surface area contributed by atoms with Crippen molar-refractivity contribution >= 4 is 11.6 Å². The van der Waals surface area contributed by atoms with E-state index in [9.17, 15) is 22.8 Å². The molecular formula is C16H19F3N4O2. The highest BCUT2D eigenvalue weighted by Gasteiger charge is 2.40. The Morgan fingerprint density at radius 2 is 1.76 bits per heavy atom. The molecule has 0 radical (unpaired) electrons. The van der Waals surface area contributed by atoms with Gasteiger partial charge in [-0.05, 0) is 12.1 Å². The van der Waals surface area contributed by atoms with Gasteiger partial charge in [-0.2, -0.15) is 13.2 Å². The van der Waals surface area contributed by atoms with Crippen molar-refractivity contribution < 1.29 is 18.0 Å². The quantitative estimate of drug-likeness (QED) is 0.875. The number of hydrogen-bond acceptors (Lipinski definition) is 3. The third-order valence-corrected chi connectivity index (χ3v) is 3.89. The van der Waals surface area contributed by atoms with Gasteiger partial charge in [-0.1, -0.05) is 32.0 Å². The molecule has 0 fully saturated rings. The second-order valence-corrected chi connectivity index (χ2v) is 6.30. The zero-order valence-electron chi connectivity index (χ0n) is 14.0. The Labute approximate surface area is 142 Å². The molecule has 1 aromatic heterocycles. The molecule has 2 aromatic rings. The number of alkyl halides is 3. The van der Waals surface area contributed by atoms with Crippen molar-refractivity contribution in [3.05, 3.63) is 46.4 Å². The monoisotopic (exact) mass is 356 g/mol. The standard InChI is InChI=1S/C16H19F3N4O2/c1-15(2,9-21-14(25)16(17,18)19)12-11(20)13(24)23(22(12)3)10-7-5-4-6-8-10/h4-8H,9,20H2,1-3H3,(H,21,25). The van der Waals surface area contributed by atoms with Crippen LogP contribution in [0.5, 0.6) is 0 Å². The normalized spacial score (nSPS) is 12.2. The fraction of sp³-hybridized carbons (Fsp3) is 0.375. The number of nitrogens with two attached hydrogens (primary N) is 1. The van der Waals surface area contributed by atoms with Crippen LogP contribution < -0.4 is 16.6 Å². The highest BCUT2D eigenvalue weighted by molar-refractivity contribution is 5.81. The lowest BCUT2D eigenvalue weighted by atomic mass is 9.88. The number of aromatic nitrogens is 2. The number of benzene rings is 1. The molecule has 0 bridgehead atoms. The van der Waals surface area contributed by atoms with Crippen LogP contribution >= 0.6 is 0 Å². The number of nitrogen functional groups attached to an aromatic ring is 1. The first kappa shape index (κ1) is 18.6. The molecule has 0 spiro atoms. The van der Waals surface area contributed by atoms with Crippen molar-refractivity contribution in [3.63, 3.8) is 0 Å². The van der Waals surface area contributed by atoms with Crippen LogP contribution in [0.2, 0.25) is 0 Å². The van der Waals surface area contributed by atoms with E-state index < -0.39 is 23.1 Å². The van der Waals surface area contributed by atoms with Gasteiger partial charge in [0.25, 0.3) is 5.56 Å². The number of carbonyl (C=O) groups excluding carboxylic acids is 1. The Kier molecular flexibility index (Phi) is 4.70. The first-order chi connectivity index (χ1) is 11.5. The second-order valence-electron chi connectivity index (χ2n) is 6.30. The summed E-state index contributed by atoms with van der Waals surface area (Å²) in [5.41, 5.74) is 5.29. The van der Waals surface area contributed by atoms with Gasteiger partial charge in [0, 0.05) is 19.0 Å². The van der Waals surface area contributed by atoms with Crippen LogP contribution in [0.25, 0.3) is 5.69 Å². The molecule has 0 saturated heterocycles. The predicted molar refractivity (Wildman–Crippen MR) is 87.5 cm³/mol. The number of halogens is 3. The lowest BCUT2D eigenvalue weighted by Crippen LogP contribution is -2.44. The third kappa shape index (κ3) is 3.54. The molecule has 2 rings (SSSR count). The summed E-state index contributed by atoms with van der Waals surface area (Å²) < 4.78 is 40.0. The van der Waals surface area contributed by atoms with E-state index in [1.165, 1.54) is 9.36 Å². The fourth-order valence-corrected chi connectivity index (χ4v) is 2.77. The van der Waals surface area contributed by atoms with Gasteiger partial charge in [-0.3, -0.25) is 14.3 Å². The number of hydrogen-bond donors (Lipinski definition) is 2. The molecule has 3 N–H and O–H groups in total. The molecule has 1 heterocycles. The Bertz CT molecular complexity index is 836. The maximum Gasteiger partial charge on any atom is 0.471 e. The van der Waals surface area contributed by atoms with Crippen LogP contribution in [0, 0.1) is 0 Å². The summed E-state index contributed by atoms with van der Waals surface area (Å²) >= 11 is 0. The molecule has 0 saturated carbocycles. The van der Waals surface area contributed by atoms with Gasteiger partial charge in [0.1, 0.15) is 5.69 Å². The molecule has 9 heteroatoms. The Morgan fingerprint density at radius 3 is 2.28 bits per heavy atom. The number of para-hydroxylation sites is 1. The molecule has 0 atom stereocenters. The topological polar surface area (TPSA) is 82.1 Å². The number of nitrogens with one attached hydrogen (secondary N) is 1. The van der Waals surface area contributed by atoms with E-state index in [1.807, 2.05) is 5.32 Å². The molecule has 0 aliphatic rings. The van der Waals surface area contributed by atoms with Crippen molar-refractivity contribution in [1.82, 2.24) is 14.7 Å². The van der Waals surface area contributed by atoms with E-state index in [2.05, 4.69) is 0 Å². The predicted octanol–water partition coefficient (Wildman–Crippen LogP) is 1.71. The fourth-order valence-electron chi connectivity index (χ4n) is 2.77. The van der Waals surface area contributed by atoms with Gasteiger partial charge < -0.3 is 11.1 Å². The van der Waals surface area contributed by atoms with Crippen molar-refractivity contribution in [2.24, 2.45) is 7.05 Å². The lowest BCUT2D eigenvalue weighted by Gasteiger charge is -2.27. The van der Waals surface area contributed by atoms with Crippen molar-refractivity contribution in [2.75, 3.05) is 12.3 Å². The molecule has 0 unspecified atom stereocenters. The molecule has 1 amide bonds. The van der Waals surface area contributed by atoms with Crippen LogP contribution in [0.1, 0.15) is 19.5 Å². The van der Waals surface area contributed by atoms with Gasteiger partial charge >= 0.3 is 12.1 Å². The molecular weight excluding hydrogens is 337 g/mol. The number of anilines is 1. The largest absolute Gasteiger partial charge is 0.471 e. The minimum Gasteiger partial charge on any atom is -0.393 e. The summed E-state index contributed by atoms with van der Waals surface area (Å²) in [5.74, 6) is -2.04. The van der Waals surface area contributed by atoms with Gasteiger partial charge in [0.15, 0.2) is 0 Å². The van der Waals surface area contributed by atoms with E-state index >= 15 is 0 Å². The zero-order chi connectivity index (χ0) is 19.0. The van der Waals surface area contributed by atoms with Gasteiger partial charge in [0.05, 0.1) is 11.4 Å². The van der Waals surface area contributed by atoms with Crippen LogP contribution in [-0.2, 0) is 17.3 Å². The second kappa shape index (κ2) is 6.30. The number of nitrogens with zero attached hydrogens (tertiary/aromatic N) is 2. The summed E-state index contributed by atoms with van der Waals surface area (Å²) in [6, 6.07) is 8.71. The van der Waals surface area contributed by atoms with Gasteiger partial charge in [0.2, 0.25) is 0 Å². The number of amides is 1. The van der Waals surface area contributed by atoms with Gasteiger partial charge in [-0.15, -0.1) is 0 Å². The van der Waals surface area contributed by atoms with E-state index in [0.717, 1.165) is 0 Å². The molecule has 1 aromatic carbocycles. The minimum absolute atomic E-state index is 0.0717. The summed E-state index contributed by atoms with van der Waals surface area (Å²) in [7, 11) is 1.59. The summed E-state index contributed by atoms with van der Waals surface area (Å²) in [6.07, 6.45) is -4.97. The molecule has 6 nitrogen and oxygen atoms in total. The van der Waals surface area contributed by atoms with Crippen LogP contribution in [0.3, 0.4) is 0 Å². The lowest BCUT2D eigenvalue weighted by molar-refractivity contribution is -0.173. The van der Waals surface area contributed by atoms with E-state index in [1.54, 1.807) is 51.2 Å². The molecule has 0 aliphatic heterocycles. The SMILES string of the molecule is Cn1c(C(C)(C)CNC(=O)C(F)(F)F)c(N)c(=O)n1-c1ccccc1. The van der Waals surface area contributed by atoms with Crippen LogP contribution in [0.15, 0.2) is 35.1 Å². The van der Waals surface area contributed by atoms with Crippen LogP contribution in [0.4, 0.5) is 18.9 Å². The van der Waals surface area contributed by atoms with Crippen molar-refractivity contribution in [2.45, 2.75) is 25.4 Å². The Morgan fingerprint density at radius 1 is 1.20 bits per heavy atom. The molecule has 25 heavy (non-hydrogen) atoms. The molecule has 0 aliphatic carbocycles. The minimum atomic E-state index is -4.97. The van der Waals surface area contributed by atoms with Crippen molar-refractivity contribution in [3.8, 4) is 5.69 Å². The highest BCUT2D eigenvalue weighted by atomic mass is 19.4. The van der Waals surface area contributed by atoms with Crippen molar-refractivity contribution in [1.29, 1.82) is 0 Å². The van der Waals surface area contributed by atoms with E-state index in [-0.39, 0.29) is 12.2 Å².